The molecule has 11 heteroatoms. The first kappa shape index (κ1) is 17.9. The molecule has 0 radical (unpaired) electrons. The topological polar surface area (TPSA) is 131 Å². The van der Waals surface area contributed by atoms with Crippen LogP contribution in [0.15, 0.2) is 47.4 Å². The van der Waals surface area contributed by atoms with E-state index in [1.54, 1.807) is 6.07 Å². The van der Waals surface area contributed by atoms with Gasteiger partial charge in [0.1, 0.15) is 0 Å². The van der Waals surface area contributed by atoms with Crippen molar-refractivity contribution in [3.05, 3.63) is 58.1 Å². The van der Waals surface area contributed by atoms with Crippen molar-refractivity contribution >= 4 is 48.3 Å². The summed E-state index contributed by atoms with van der Waals surface area (Å²) in [4.78, 5) is 26.7. The summed E-state index contributed by atoms with van der Waals surface area (Å²) in [5.41, 5.74) is 0.678. The van der Waals surface area contributed by atoms with Crippen LogP contribution in [0.5, 0.6) is 0 Å². The summed E-state index contributed by atoms with van der Waals surface area (Å²) in [6.45, 7) is 0. The number of nitrogens with zero attached hydrogens (tertiary/aromatic N) is 2. The van der Waals surface area contributed by atoms with Crippen molar-refractivity contribution in [3.8, 4) is 0 Å². The minimum atomic E-state index is -3.57. The van der Waals surface area contributed by atoms with Crippen LogP contribution >= 0.6 is 11.3 Å². The van der Waals surface area contributed by atoms with Gasteiger partial charge in [0, 0.05) is 17.7 Å². The van der Waals surface area contributed by atoms with Crippen LogP contribution in [-0.4, -0.2) is 31.3 Å². The van der Waals surface area contributed by atoms with E-state index in [0.717, 1.165) is 11.3 Å². The number of nitro benzene ring substituents is 1. The van der Waals surface area contributed by atoms with E-state index in [9.17, 15) is 23.3 Å². The zero-order chi connectivity index (χ0) is 18.9. The maximum atomic E-state index is 12.2. The van der Waals surface area contributed by atoms with Crippen molar-refractivity contribution in [2.24, 2.45) is 0 Å². The van der Waals surface area contributed by atoms with Crippen molar-refractivity contribution in [1.29, 1.82) is 0 Å². The number of hydrogen-bond donors (Lipinski definition) is 2. The van der Waals surface area contributed by atoms with Crippen LogP contribution in [0.2, 0.25) is 0 Å². The summed E-state index contributed by atoms with van der Waals surface area (Å²) in [6.07, 6.45) is 0. The van der Waals surface area contributed by atoms with Crippen molar-refractivity contribution < 1.29 is 18.1 Å². The molecule has 0 fully saturated rings. The second-order valence-electron chi connectivity index (χ2n) is 5.11. The van der Waals surface area contributed by atoms with Gasteiger partial charge in [-0.1, -0.05) is 11.3 Å². The minimum Gasteiger partial charge on any atom is -0.298 e. The third kappa shape index (κ3) is 3.54. The zero-order valence-corrected chi connectivity index (χ0v) is 14.9. The number of thiazole rings is 1. The summed E-state index contributed by atoms with van der Waals surface area (Å²) >= 11 is 1.13. The molecule has 3 rings (SSSR count). The molecular formula is C15H12N4O5S2. The highest BCUT2D eigenvalue weighted by Crippen LogP contribution is 2.28. The average molecular weight is 392 g/mol. The number of amides is 1. The highest BCUT2D eigenvalue weighted by atomic mass is 32.2. The third-order valence-corrected chi connectivity index (χ3v) is 5.85. The van der Waals surface area contributed by atoms with Crippen LogP contribution in [-0.2, 0) is 10.0 Å². The minimum absolute atomic E-state index is 0.101. The van der Waals surface area contributed by atoms with Gasteiger partial charge >= 0.3 is 0 Å². The second kappa shape index (κ2) is 6.78. The maximum absolute atomic E-state index is 12.2. The van der Waals surface area contributed by atoms with E-state index in [4.69, 9.17) is 0 Å². The number of non-ortho nitro benzene ring substituents is 1. The van der Waals surface area contributed by atoms with Gasteiger partial charge in [0.25, 0.3) is 11.6 Å². The third-order valence-electron chi connectivity index (χ3n) is 3.50. The van der Waals surface area contributed by atoms with Crippen LogP contribution in [0, 0.1) is 10.1 Å². The lowest BCUT2D eigenvalue weighted by Crippen LogP contribution is -2.18. The molecule has 1 heterocycles. The van der Waals surface area contributed by atoms with E-state index in [1.807, 2.05) is 0 Å². The SMILES string of the molecule is CNS(=O)(=O)c1ccc2nc(NC(=O)c3ccc([N+](=O)[O-])cc3)sc2c1. The molecule has 26 heavy (non-hydrogen) atoms. The molecule has 0 bridgehead atoms. The van der Waals surface area contributed by atoms with Gasteiger partial charge < -0.3 is 0 Å². The van der Waals surface area contributed by atoms with E-state index < -0.39 is 20.9 Å². The fourth-order valence-corrected chi connectivity index (χ4v) is 3.88. The summed E-state index contributed by atoms with van der Waals surface area (Å²) < 4.78 is 26.5. The van der Waals surface area contributed by atoms with Gasteiger partial charge in [-0.05, 0) is 37.4 Å². The highest BCUT2D eigenvalue weighted by Gasteiger charge is 2.15. The van der Waals surface area contributed by atoms with Gasteiger partial charge in [0.2, 0.25) is 10.0 Å². The number of anilines is 1. The highest BCUT2D eigenvalue weighted by molar-refractivity contribution is 7.89. The van der Waals surface area contributed by atoms with Crippen LogP contribution in [0.25, 0.3) is 10.2 Å². The van der Waals surface area contributed by atoms with E-state index in [0.29, 0.717) is 15.3 Å². The number of fused-ring (bicyclic) bond motifs is 1. The lowest BCUT2D eigenvalue weighted by molar-refractivity contribution is -0.384. The van der Waals surface area contributed by atoms with Gasteiger partial charge in [0.15, 0.2) is 5.13 Å². The predicted octanol–water partition coefficient (Wildman–Crippen LogP) is 2.36. The standard InChI is InChI=1S/C15H12N4O5S2/c1-16-26(23,24)11-6-7-12-13(8-11)25-15(17-12)18-14(20)9-2-4-10(5-3-9)19(21)22/h2-8,16H,1H3,(H,17,18,20). The number of rotatable bonds is 5. The molecule has 0 aliphatic rings. The quantitative estimate of drug-likeness (QED) is 0.506. The smallest absolute Gasteiger partial charge is 0.269 e. The Morgan fingerprint density at radius 3 is 2.50 bits per heavy atom. The first-order valence-corrected chi connectivity index (χ1v) is 9.50. The van der Waals surface area contributed by atoms with Crippen molar-refractivity contribution in [2.45, 2.75) is 4.90 Å². The molecule has 0 saturated heterocycles. The number of nitro groups is 1. The maximum Gasteiger partial charge on any atom is 0.269 e. The van der Waals surface area contributed by atoms with E-state index in [-0.39, 0.29) is 16.1 Å². The van der Waals surface area contributed by atoms with Crippen molar-refractivity contribution in [2.75, 3.05) is 12.4 Å². The van der Waals surface area contributed by atoms with E-state index in [2.05, 4.69) is 15.0 Å². The van der Waals surface area contributed by atoms with Gasteiger partial charge in [-0.25, -0.2) is 18.1 Å². The molecule has 9 nitrogen and oxygen atoms in total. The summed E-state index contributed by atoms with van der Waals surface area (Å²) in [6, 6.07) is 9.62. The molecule has 0 atom stereocenters. The number of carbonyl (C=O) groups is 1. The number of sulfonamides is 1. The monoisotopic (exact) mass is 392 g/mol. The Morgan fingerprint density at radius 2 is 1.88 bits per heavy atom. The van der Waals surface area contributed by atoms with Gasteiger partial charge in [-0.15, -0.1) is 0 Å². The summed E-state index contributed by atoms with van der Waals surface area (Å²) in [5, 5.41) is 13.5. The van der Waals surface area contributed by atoms with Gasteiger partial charge in [-0.2, -0.15) is 0 Å². The summed E-state index contributed by atoms with van der Waals surface area (Å²) in [7, 11) is -2.25. The lowest BCUT2D eigenvalue weighted by atomic mass is 10.2. The summed E-state index contributed by atoms with van der Waals surface area (Å²) in [5.74, 6) is -0.470. The molecule has 0 unspecified atom stereocenters. The van der Waals surface area contributed by atoms with Crippen molar-refractivity contribution in [3.63, 3.8) is 0 Å². The molecule has 1 aromatic heterocycles. The number of benzene rings is 2. The normalized spacial score (nSPS) is 11.4. The Kier molecular flexibility index (Phi) is 4.68. The fraction of sp³-hybridized carbons (Fsp3) is 0.0667. The first-order valence-electron chi connectivity index (χ1n) is 7.20. The van der Waals surface area contributed by atoms with Crippen LogP contribution < -0.4 is 10.0 Å². The number of carbonyl (C=O) groups excluding carboxylic acids is 1. The fourth-order valence-electron chi connectivity index (χ4n) is 2.15. The Labute approximate surface area is 151 Å². The Morgan fingerprint density at radius 1 is 1.19 bits per heavy atom. The Hall–Kier alpha value is -2.89. The van der Waals surface area contributed by atoms with Crippen LogP contribution in [0.1, 0.15) is 10.4 Å². The molecule has 134 valence electrons. The van der Waals surface area contributed by atoms with E-state index >= 15 is 0 Å². The van der Waals surface area contributed by atoms with Crippen LogP contribution in [0.3, 0.4) is 0 Å². The molecule has 0 aliphatic carbocycles. The Balaban J connectivity index is 1.84. The predicted molar refractivity (Wildman–Crippen MR) is 96.9 cm³/mol. The number of nitrogens with one attached hydrogen (secondary N) is 2. The molecule has 0 spiro atoms. The molecule has 0 saturated carbocycles. The molecule has 0 aliphatic heterocycles. The average Bonchev–Trinajstić information content (AvgIpc) is 3.03. The number of hydrogen-bond acceptors (Lipinski definition) is 7. The van der Waals surface area contributed by atoms with Gasteiger partial charge in [-0.3, -0.25) is 20.2 Å². The van der Waals surface area contributed by atoms with Gasteiger partial charge in [0.05, 0.1) is 20.0 Å². The zero-order valence-electron chi connectivity index (χ0n) is 13.3. The lowest BCUT2D eigenvalue weighted by Gasteiger charge is -2.01. The molecule has 3 aromatic rings. The largest absolute Gasteiger partial charge is 0.298 e. The van der Waals surface area contributed by atoms with Crippen LogP contribution in [0.4, 0.5) is 10.8 Å². The molecule has 1 amide bonds. The van der Waals surface area contributed by atoms with Crippen molar-refractivity contribution in [1.82, 2.24) is 9.71 Å². The molecule has 2 aromatic carbocycles. The first-order chi connectivity index (χ1) is 12.3. The number of aromatic nitrogens is 1. The molecule has 2 N–H and O–H groups in total. The second-order valence-corrected chi connectivity index (χ2v) is 8.03. The Bertz CT molecular complexity index is 1110. The molecular weight excluding hydrogens is 380 g/mol. The van der Waals surface area contributed by atoms with E-state index in [1.165, 1.54) is 43.4 Å².